The van der Waals surface area contributed by atoms with Crippen molar-refractivity contribution in [3.63, 3.8) is 0 Å². The minimum Gasteiger partial charge on any atom is -0.346 e. The van der Waals surface area contributed by atoms with Gasteiger partial charge in [-0.1, -0.05) is 6.08 Å². The maximum atomic E-state index is 11.1. The number of H-pyrrole nitrogens is 1. The van der Waals surface area contributed by atoms with Crippen molar-refractivity contribution in [1.29, 1.82) is 0 Å². The van der Waals surface area contributed by atoms with E-state index in [1.54, 1.807) is 18.5 Å². The Morgan fingerprint density at radius 3 is 3.08 bits per heavy atom. The Labute approximate surface area is 77.0 Å². The van der Waals surface area contributed by atoms with Crippen molar-refractivity contribution >= 4 is 5.91 Å². The highest BCUT2D eigenvalue weighted by atomic mass is 16.1. The molecule has 1 amide bonds. The summed E-state index contributed by atoms with van der Waals surface area (Å²) in [5.41, 5.74) is 0.970. The summed E-state index contributed by atoms with van der Waals surface area (Å²) in [5, 5.41) is 9.30. The predicted molar refractivity (Wildman–Crippen MR) is 50.0 cm³/mol. The minimum absolute atomic E-state index is 0.0116. The number of hydrogen-bond donors (Lipinski definition) is 2. The summed E-state index contributed by atoms with van der Waals surface area (Å²) in [6.07, 6.45) is 6.66. The van der Waals surface area contributed by atoms with E-state index in [9.17, 15) is 4.79 Å². The van der Waals surface area contributed by atoms with Crippen LogP contribution >= 0.6 is 0 Å². The summed E-state index contributed by atoms with van der Waals surface area (Å²) in [5.74, 6) is -0.0869. The highest BCUT2D eigenvalue weighted by Crippen LogP contribution is 2.08. The van der Waals surface area contributed by atoms with Crippen molar-refractivity contribution < 1.29 is 4.79 Å². The van der Waals surface area contributed by atoms with E-state index in [1.165, 1.54) is 6.08 Å². The van der Waals surface area contributed by atoms with E-state index in [2.05, 4.69) is 15.5 Å². The van der Waals surface area contributed by atoms with Gasteiger partial charge in [0.15, 0.2) is 0 Å². The fourth-order valence-electron chi connectivity index (χ4n) is 0.994. The van der Waals surface area contributed by atoms with Crippen LogP contribution in [-0.2, 0) is 4.79 Å². The van der Waals surface area contributed by atoms with Crippen LogP contribution in [0.15, 0.2) is 24.5 Å². The van der Waals surface area contributed by atoms with Crippen LogP contribution in [0.25, 0.3) is 0 Å². The molecule has 0 aliphatic rings. The zero-order chi connectivity index (χ0) is 9.68. The molecule has 1 aromatic rings. The number of carbonyl (C=O) groups excluding carboxylic acids is 1. The molecule has 4 heteroatoms. The monoisotopic (exact) mass is 179 g/mol. The van der Waals surface area contributed by atoms with Crippen molar-refractivity contribution in [2.24, 2.45) is 0 Å². The first kappa shape index (κ1) is 9.51. The summed E-state index contributed by atoms with van der Waals surface area (Å²) in [7, 11) is 0. The first-order valence-electron chi connectivity index (χ1n) is 4.16. The van der Waals surface area contributed by atoms with Crippen molar-refractivity contribution in [2.45, 2.75) is 19.9 Å². The second-order valence-corrected chi connectivity index (χ2v) is 2.76. The Bertz CT molecular complexity index is 290. The summed E-state index contributed by atoms with van der Waals surface area (Å²) < 4.78 is 0. The maximum Gasteiger partial charge on any atom is 0.244 e. The molecule has 0 radical (unpaired) electrons. The minimum atomic E-state index is -0.0869. The summed E-state index contributed by atoms with van der Waals surface area (Å²) >= 11 is 0. The van der Waals surface area contributed by atoms with Gasteiger partial charge in [0.2, 0.25) is 5.91 Å². The Morgan fingerprint density at radius 2 is 2.54 bits per heavy atom. The van der Waals surface area contributed by atoms with Gasteiger partial charge in [-0.2, -0.15) is 5.10 Å². The normalized spacial score (nSPS) is 13.1. The van der Waals surface area contributed by atoms with Gasteiger partial charge in [0.05, 0.1) is 12.2 Å². The topological polar surface area (TPSA) is 57.8 Å². The van der Waals surface area contributed by atoms with Gasteiger partial charge in [-0.3, -0.25) is 9.89 Å². The van der Waals surface area contributed by atoms with E-state index in [0.717, 1.165) is 5.56 Å². The fraction of sp³-hybridized carbons (Fsp3) is 0.333. The molecule has 0 bridgehead atoms. The van der Waals surface area contributed by atoms with Crippen LogP contribution in [0, 0.1) is 0 Å². The zero-order valence-corrected chi connectivity index (χ0v) is 7.74. The molecule has 0 saturated heterocycles. The lowest BCUT2D eigenvalue weighted by Gasteiger charge is -2.09. The number of carbonyl (C=O) groups is 1. The van der Waals surface area contributed by atoms with Crippen molar-refractivity contribution in [3.05, 3.63) is 30.1 Å². The molecule has 1 heterocycles. The fourth-order valence-corrected chi connectivity index (χ4v) is 0.994. The molecular weight excluding hydrogens is 166 g/mol. The molecule has 1 rings (SSSR count). The number of aromatic amines is 1. The summed E-state index contributed by atoms with van der Waals surface area (Å²) in [4.78, 5) is 11.1. The molecule has 4 nitrogen and oxygen atoms in total. The average molecular weight is 179 g/mol. The third-order valence-electron chi connectivity index (χ3n) is 1.70. The molecule has 70 valence electrons. The second-order valence-electron chi connectivity index (χ2n) is 2.76. The molecule has 0 aliphatic heterocycles. The van der Waals surface area contributed by atoms with E-state index < -0.39 is 0 Å². The Kier molecular flexibility index (Phi) is 3.25. The standard InChI is InChI=1S/C9H13N3O/c1-3-4-9(13)12-7(2)8-5-10-11-6-8/h3-7H,1-2H3,(H,10,11)(H,12,13)/b4-3+. The van der Waals surface area contributed by atoms with Crippen LogP contribution in [0.4, 0.5) is 0 Å². The van der Waals surface area contributed by atoms with Gasteiger partial charge in [0.25, 0.3) is 0 Å². The van der Waals surface area contributed by atoms with Crippen LogP contribution in [0.3, 0.4) is 0 Å². The number of nitrogens with zero attached hydrogens (tertiary/aromatic N) is 1. The Morgan fingerprint density at radius 1 is 1.77 bits per heavy atom. The van der Waals surface area contributed by atoms with Crippen molar-refractivity contribution in [1.82, 2.24) is 15.5 Å². The van der Waals surface area contributed by atoms with Crippen molar-refractivity contribution in [2.75, 3.05) is 0 Å². The highest BCUT2D eigenvalue weighted by molar-refractivity contribution is 5.87. The van der Waals surface area contributed by atoms with E-state index in [1.807, 2.05) is 13.8 Å². The molecule has 13 heavy (non-hydrogen) atoms. The molecule has 2 N–H and O–H groups in total. The van der Waals surface area contributed by atoms with Crippen LogP contribution in [0.1, 0.15) is 25.5 Å². The molecule has 0 aliphatic carbocycles. The van der Waals surface area contributed by atoms with Gasteiger partial charge in [-0.25, -0.2) is 0 Å². The number of hydrogen-bond acceptors (Lipinski definition) is 2. The third-order valence-corrected chi connectivity index (χ3v) is 1.70. The predicted octanol–water partition coefficient (Wildman–Crippen LogP) is 1.16. The molecule has 1 unspecified atom stereocenters. The molecule has 1 aromatic heterocycles. The molecule has 0 spiro atoms. The largest absolute Gasteiger partial charge is 0.346 e. The Hall–Kier alpha value is -1.58. The number of nitrogens with one attached hydrogen (secondary N) is 2. The lowest BCUT2D eigenvalue weighted by atomic mass is 10.2. The lowest BCUT2D eigenvalue weighted by molar-refractivity contribution is -0.117. The van der Waals surface area contributed by atoms with E-state index in [4.69, 9.17) is 0 Å². The number of allylic oxidation sites excluding steroid dienone is 1. The van der Waals surface area contributed by atoms with Gasteiger partial charge in [0.1, 0.15) is 0 Å². The molecule has 1 atom stereocenters. The van der Waals surface area contributed by atoms with Gasteiger partial charge < -0.3 is 5.32 Å². The molecule has 0 saturated carbocycles. The second kappa shape index (κ2) is 4.45. The molecule has 0 fully saturated rings. The zero-order valence-electron chi connectivity index (χ0n) is 7.74. The highest BCUT2D eigenvalue weighted by Gasteiger charge is 2.07. The van der Waals surface area contributed by atoms with E-state index in [-0.39, 0.29) is 11.9 Å². The Balaban J connectivity index is 2.51. The van der Waals surface area contributed by atoms with Gasteiger partial charge in [-0.15, -0.1) is 0 Å². The number of amides is 1. The molecule has 0 aromatic carbocycles. The van der Waals surface area contributed by atoms with Gasteiger partial charge in [0, 0.05) is 11.8 Å². The van der Waals surface area contributed by atoms with Crippen LogP contribution in [0.5, 0.6) is 0 Å². The smallest absolute Gasteiger partial charge is 0.244 e. The van der Waals surface area contributed by atoms with Crippen molar-refractivity contribution in [3.8, 4) is 0 Å². The lowest BCUT2D eigenvalue weighted by Crippen LogP contribution is -2.24. The maximum absolute atomic E-state index is 11.1. The quantitative estimate of drug-likeness (QED) is 0.684. The van der Waals surface area contributed by atoms with Crippen LogP contribution in [-0.4, -0.2) is 16.1 Å². The summed E-state index contributed by atoms with van der Waals surface area (Å²) in [6, 6.07) is -0.0116. The first-order chi connectivity index (χ1) is 6.24. The average Bonchev–Trinajstić information content (AvgIpc) is 2.55. The summed E-state index contributed by atoms with van der Waals surface area (Å²) in [6.45, 7) is 3.72. The van der Waals surface area contributed by atoms with Crippen LogP contribution < -0.4 is 5.32 Å². The SMILES string of the molecule is C/C=C/C(=O)NC(C)c1cn[nH]c1. The number of aromatic nitrogens is 2. The van der Waals surface area contributed by atoms with E-state index >= 15 is 0 Å². The van der Waals surface area contributed by atoms with E-state index in [0.29, 0.717) is 0 Å². The van der Waals surface area contributed by atoms with Gasteiger partial charge in [-0.05, 0) is 19.9 Å². The van der Waals surface area contributed by atoms with Crippen LogP contribution in [0.2, 0.25) is 0 Å². The number of rotatable bonds is 3. The third kappa shape index (κ3) is 2.74. The first-order valence-corrected chi connectivity index (χ1v) is 4.16. The molecular formula is C9H13N3O. The van der Waals surface area contributed by atoms with Gasteiger partial charge >= 0.3 is 0 Å².